The molecule has 42 heavy (non-hydrogen) atoms. The monoisotopic (exact) mass is 566 g/mol. The first-order valence-electron chi connectivity index (χ1n) is 14.2. The van der Waals surface area contributed by atoms with Gasteiger partial charge in [0.2, 0.25) is 17.7 Å². The summed E-state index contributed by atoms with van der Waals surface area (Å²) in [6.45, 7) is 5.83. The van der Waals surface area contributed by atoms with Crippen molar-refractivity contribution in [2.24, 2.45) is 17.8 Å². The Labute approximate surface area is 244 Å². The third-order valence-electron chi connectivity index (χ3n) is 8.56. The lowest BCUT2D eigenvalue weighted by Crippen LogP contribution is -2.56. The highest BCUT2D eigenvalue weighted by molar-refractivity contribution is 6.26. The number of nitrogens with one attached hydrogen (secondary N) is 2. The maximum atomic E-state index is 14.6. The number of methoxy groups -OCH3 is 1. The van der Waals surface area contributed by atoms with E-state index in [1.165, 1.54) is 9.80 Å². The molecule has 0 unspecified atom stereocenters. The third kappa shape index (κ3) is 4.27. The highest BCUT2D eigenvalue weighted by Crippen LogP contribution is 2.55. The van der Waals surface area contributed by atoms with Crippen molar-refractivity contribution in [3.63, 3.8) is 0 Å². The molecule has 0 saturated carbocycles. The van der Waals surface area contributed by atoms with E-state index in [1.54, 1.807) is 43.5 Å². The van der Waals surface area contributed by atoms with Crippen LogP contribution in [0.4, 0.5) is 17.1 Å². The molecule has 4 amide bonds. The van der Waals surface area contributed by atoms with Crippen molar-refractivity contribution < 1.29 is 23.9 Å². The van der Waals surface area contributed by atoms with E-state index in [1.807, 2.05) is 43.3 Å². The molecule has 3 aromatic rings. The van der Waals surface area contributed by atoms with Crippen molar-refractivity contribution in [1.82, 2.24) is 5.32 Å². The van der Waals surface area contributed by atoms with Crippen LogP contribution in [0, 0.1) is 24.7 Å². The molecule has 2 fully saturated rings. The topological polar surface area (TPSA) is 108 Å². The van der Waals surface area contributed by atoms with E-state index in [4.69, 9.17) is 4.74 Å². The number of hydrogen-bond acceptors (Lipinski definition) is 6. The third-order valence-corrected chi connectivity index (χ3v) is 8.56. The van der Waals surface area contributed by atoms with Gasteiger partial charge in [0.15, 0.2) is 0 Å². The number of aryl methyl sites for hydroxylation is 1. The average Bonchev–Trinajstić information content (AvgIpc) is 3.53. The lowest BCUT2D eigenvalue weighted by atomic mass is 9.76. The van der Waals surface area contributed by atoms with Gasteiger partial charge in [0.05, 0.1) is 24.6 Å². The first kappa shape index (κ1) is 27.7. The van der Waals surface area contributed by atoms with Crippen molar-refractivity contribution in [3.8, 4) is 5.75 Å². The Morgan fingerprint density at radius 1 is 0.976 bits per heavy atom. The van der Waals surface area contributed by atoms with E-state index < -0.39 is 35.2 Å². The molecule has 2 saturated heterocycles. The summed E-state index contributed by atoms with van der Waals surface area (Å²) in [5.74, 6) is -2.40. The summed E-state index contributed by atoms with van der Waals surface area (Å²) in [5, 5.41) is 6.37. The largest absolute Gasteiger partial charge is 0.497 e. The molecule has 0 radical (unpaired) electrons. The van der Waals surface area contributed by atoms with Crippen molar-refractivity contribution in [2.75, 3.05) is 28.8 Å². The zero-order valence-electron chi connectivity index (χ0n) is 24.1. The van der Waals surface area contributed by atoms with Gasteiger partial charge >= 0.3 is 0 Å². The predicted octanol–water partition coefficient (Wildman–Crippen LogP) is 4.01. The van der Waals surface area contributed by atoms with Gasteiger partial charge in [-0.05, 0) is 61.7 Å². The summed E-state index contributed by atoms with van der Waals surface area (Å²) in [4.78, 5) is 58.7. The standard InChI is InChI=1S/C33H34N4O5/c1-19(2)17-25-28-29(31(40)37(30(28)39)22-13-15-23(42-4)16-14-22)33(35-25)24-7-5-6-8-26(24)36(32(33)41)18-27(38)34-21-11-9-20(3)10-12-21/h5-16,19,25,28-29,35H,17-18H2,1-4H3,(H,34,38)/t25-,28-,29+,33+/m1/s1. The molecule has 9 heteroatoms. The normalized spacial score (nSPS) is 24.5. The Morgan fingerprint density at radius 3 is 2.33 bits per heavy atom. The highest BCUT2D eigenvalue weighted by atomic mass is 16.5. The fraction of sp³-hybridized carbons (Fsp3) is 0.333. The van der Waals surface area contributed by atoms with Crippen LogP contribution in [-0.4, -0.2) is 43.3 Å². The molecule has 2 N–H and O–H groups in total. The number of carbonyl (C=O) groups is 4. The van der Waals surface area contributed by atoms with Crippen LogP contribution in [0.15, 0.2) is 72.8 Å². The lowest BCUT2D eigenvalue weighted by Gasteiger charge is -2.31. The van der Waals surface area contributed by atoms with Gasteiger partial charge in [0.25, 0.3) is 5.91 Å². The number of carbonyl (C=O) groups excluding carboxylic acids is 4. The van der Waals surface area contributed by atoms with Gasteiger partial charge in [-0.1, -0.05) is 49.7 Å². The summed E-state index contributed by atoms with van der Waals surface area (Å²) in [6.07, 6.45) is 0.599. The zero-order chi connectivity index (χ0) is 29.8. The van der Waals surface area contributed by atoms with Crippen LogP contribution in [0.25, 0.3) is 0 Å². The number of para-hydroxylation sites is 1. The number of rotatable bonds is 7. The van der Waals surface area contributed by atoms with Gasteiger partial charge < -0.3 is 15.0 Å². The highest BCUT2D eigenvalue weighted by Gasteiger charge is 2.71. The SMILES string of the molecule is COc1ccc(N2C(=O)[C@H]3[C@@H](C2=O)[C@]2(N[C@@H]3CC(C)C)C(=O)N(CC(=O)Nc3ccc(C)cc3)c3ccccc32)cc1. The van der Waals surface area contributed by atoms with Crippen molar-refractivity contribution in [3.05, 3.63) is 83.9 Å². The Kier molecular flexibility index (Phi) is 6.85. The number of nitrogens with zero attached hydrogens (tertiary/aromatic N) is 2. The van der Waals surface area contributed by atoms with Gasteiger partial charge in [-0.3, -0.25) is 24.5 Å². The van der Waals surface area contributed by atoms with Crippen LogP contribution < -0.4 is 25.2 Å². The Hall–Kier alpha value is -4.50. The summed E-state index contributed by atoms with van der Waals surface area (Å²) >= 11 is 0. The fourth-order valence-electron chi connectivity index (χ4n) is 6.78. The summed E-state index contributed by atoms with van der Waals surface area (Å²) in [5.41, 5.74) is 1.82. The van der Waals surface area contributed by atoms with E-state index in [0.717, 1.165) is 5.56 Å². The van der Waals surface area contributed by atoms with Crippen molar-refractivity contribution >= 4 is 40.7 Å². The number of amides is 4. The second kappa shape index (κ2) is 10.4. The number of benzene rings is 3. The average molecular weight is 567 g/mol. The summed E-state index contributed by atoms with van der Waals surface area (Å²) in [7, 11) is 1.55. The van der Waals surface area contributed by atoms with Crippen LogP contribution >= 0.6 is 0 Å². The smallest absolute Gasteiger partial charge is 0.253 e. The predicted molar refractivity (Wildman–Crippen MR) is 159 cm³/mol. The molecule has 216 valence electrons. The summed E-state index contributed by atoms with van der Waals surface area (Å²) < 4.78 is 5.26. The molecule has 0 bridgehead atoms. The molecule has 3 aliphatic heterocycles. The first-order valence-corrected chi connectivity index (χ1v) is 14.2. The molecule has 3 heterocycles. The number of anilines is 3. The van der Waals surface area contributed by atoms with Crippen LogP contribution in [0.3, 0.4) is 0 Å². The van der Waals surface area contributed by atoms with E-state index >= 15 is 0 Å². The molecule has 3 aromatic carbocycles. The van der Waals surface area contributed by atoms with Crippen LogP contribution in [0.1, 0.15) is 31.4 Å². The second-order valence-electron chi connectivity index (χ2n) is 11.7. The van der Waals surface area contributed by atoms with Gasteiger partial charge in [-0.15, -0.1) is 0 Å². The van der Waals surface area contributed by atoms with Crippen molar-refractivity contribution in [2.45, 2.75) is 38.8 Å². The van der Waals surface area contributed by atoms with Crippen LogP contribution in [0.5, 0.6) is 5.75 Å². The molecule has 0 aromatic heterocycles. The van der Waals surface area contributed by atoms with E-state index in [9.17, 15) is 19.2 Å². The molecular formula is C33H34N4O5. The number of ether oxygens (including phenoxy) is 1. The second-order valence-corrected chi connectivity index (χ2v) is 11.7. The minimum Gasteiger partial charge on any atom is -0.497 e. The Balaban J connectivity index is 1.39. The Morgan fingerprint density at radius 2 is 1.67 bits per heavy atom. The van der Waals surface area contributed by atoms with Gasteiger partial charge in [0, 0.05) is 23.0 Å². The first-order chi connectivity index (χ1) is 20.1. The lowest BCUT2D eigenvalue weighted by molar-refractivity contribution is -0.132. The molecule has 6 rings (SSSR count). The molecule has 9 nitrogen and oxygen atoms in total. The van der Waals surface area contributed by atoms with E-state index in [0.29, 0.717) is 34.8 Å². The molecule has 3 aliphatic rings. The van der Waals surface area contributed by atoms with Crippen molar-refractivity contribution in [1.29, 1.82) is 0 Å². The molecular weight excluding hydrogens is 532 g/mol. The number of hydrogen-bond donors (Lipinski definition) is 2. The number of fused-ring (bicyclic) bond motifs is 4. The Bertz CT molecular complexity index is 1570. The zero-order valence-corrected chi connectivity index (χ0v) is 24.1. The fourth-order valence-corrected chi connectivity index (χ4v) is 6.78. The minimum atomic E-state index is -1.47. The molecule has 1 spiro atoms. The van der Waals surface area contributed by atoms with Gasteiger partial charge in [-0.2, -0.15) is 0 Å². The van der Waals surface area contributed by atoms with Gasteiger partial charge in [-0.25, -0.2) is 4.90 Å². The minimum absolute atomic E-state index is 0.208. The van der Waals surface area contributed by atoms with E-state index in [-0.39, 0.29) is 24.3 Å². The van der Waals surface area contributed by atoms with Gasteiger partial charge in [0.1, 0.15) is 17.8 Å². The quantitative estimate of drug-likeness (QED) is 0.419. The maximum absolute atomic E-state index is 14.6. The summed E-state index contributed by atoms with van der Waals surface area (Å²) in [6, 6.07) is 21.0. The molecule has 4 atom stereocenters. The van der Waals surface area contributed by atoms with Crippen LogP contribution in [0.2, 0.25) is 0 Å². The van der Waals surface area contributed by atoms with Crippen LogP contribution in [-0.2, 0) is 24.7 Å². The van der Waals surface area contributed by atoms with E-state index in [2.05, 4.69) is 24.5 Å². The molecule has 0 aliphatic carbocycles. The maximum Gasteiger partial charge on any atom is 0.253 e. The number of imide groups is 1.